The van der Waals surface area contributed by atoms with Gasteiger partial charge in [-0.15, -0.1) is 11.6 Å². The van der Waals surface area contributed by atoms with Crippen molar-refractivity contribution in [3.63, 3.8) is 0 Å². The van der Waals surface area contributed by atoms with Crippen molar-refractivity contribution in [1.29, 1.82) is 0 Å². The molecule has 2 aromatic rings. The van der Waals surface area contributed by atoms with Crippen molar-refractivity contribution in [1.82, 2.24) is 5.32 Å². The first-order chi connectivity index (χ1) is 8.53. The van der Waals surface area contributed by atoms with Gasteiger partial charge in [-0.25, -0.2) is 0 Å². The minimum Gasteiger partial charge on any atom is -0.346 e. The summed E-state index contributed by atoms with van der Waals surface area (Å²) in [6.45, 7) is 3.81. The van der Waals surface area contributed by atoms with Gasteiger partial charge in [0.15, 0.2) is 0 Å². The molecule has 3 heteroatoms. The van der Waals surface area contributed by atoms with Crippen LogP contribution in [0.1, 0.15) is 24.2 Å². The lowest BCUT2D eigenvalue weighted by atomic mass is 10.0. The van der Waals surface area contributed by atoms with Crippen LogP contribution in [-0.2, 0) is 0 Å². The number of benzene rings is 2. The second kappa shape index (κ2) is 4.99. The molecule has 0 fully saturated rings. The second-order valence-corrected chi connectivity index (χ2v) is 5.27. The fourth-order valence-electron chi connectivity index (χ4n) is 1.83. The molecule has 0 bridgehead atoms. The molecule has 1 N–H and O–H groups in total. The van der Waals surface area contributed by atoms with Gasteiger partial charge in [0.05, 0.1) is 0 Å². The monoisotopic (exact) mass is 261 g/mol. The molecule has 1 amide bonds. The van der Waals surface area contributed by atoms with Crippen LogP contribution in [0.4, 0.5) is 0 Å². The summed E-state index contributed by atoms with van der Waals surface area (Å²) in [5.74, 6) is 0.293. The summed E-state index contributed by atoms with van der Waals surface area (Å²) < 4.78 is 0. The Bertz CT molecular complexity index is 572. The predicted octanol–water partition coefficient (Wildman–Crippen LogP) is 3.59. The Balaban J connectivity index is 2.39. The minimum atomic E-state index is -0.407. The lowest BCUT2D eigenvalue weighted by Gasteiger charge is -2.23. The molecule has 0 unspecified atom stereocenters. The third-order valence-corrected chi connectivity index (χ3v) is 3.49. The topological polar surface area (TPSA) is 29.1 Å². The molecule has 0 heterocycles. The molecule has 0 saturated carbocycles. The van der Waals surface area contributed by atoms with Gasteiger partial charge in [0.2, 0.25) is 0 Å². The van der Waals surface area contributed by atoms with Crippen LogP contribution in [0.3, 0.4) is 0 Å². The van der Waals surface area contributed by atoms with Crippen molar-refractivity contribution in [3.8, 4) is 0 Å². The molecule has 2 aromatic carbocycles. The molecule has 0 aliphatic heterocycles. The first-order valence-corrected chi connectivity index (χ1v) is 6.43. The van der Waals surface area contributed by atoms with Crippen LogP contribution >= 0.6 is 11.6 Å². The Hall–Kier alpha value is -1.54. The van der Waals surface area contributed by atoms with E-state index < -0.39 is 5.54 Å². The van der Waals surface area contributed by atoms with E-state index in [4.69, 9.17) is 11.6 Å². The standard InChI is InChI=1S/C15H16ClNO/c1-15(2,10-16)17-14(18)13-9-5-7-11-6-3-4-8-12(11)13/h3-9H,10H2,1-2H3,(H,17,18). The number of rotatable bonds is 3. The largest absolute Gasteiger partial charge is 0.346 e. The van der Waals surface area contributed by atoms with E-state index in [9.17, 15) is 4.79 Å². The predicted molar refractivity (Wildman–Crippen MR) is 76.2 cm³/mol. The van der Waals surface area contributed by atoms with Crippen LogP contribution in [-0.4, -0.2) is 17.3 Å². The zero-order valence-corrected chi connectivity index (χ0v) is 11.3. The third-order valence-electron chi connectivity index (χ3n) is 2.82. The van der Waals surface area contributed by atoms with Crippen molar-refractivity contribution in [2.24, 2.45) is 0 Å². The second-order valence-electron chi connectivity index (χ2n) is 5.00. The van der Waals surface area contributed by atoms with Crippen LogP contribution in [0.15, 0.2) is 42.5 Å². The van der Waals surface area contributed by atoms with E-state index in [0.717, 1.165) is 10.8 Å². The number of carbonyl (C=O) groups excluding carboxylic acids is 1. The summed E-state index contributed by atoms with van der Waals surface area (Å²) in [5.41, 5.74) is 0.279. The Labute approximate surface area is 112 Å². The molecule has 2 rings (SSSR count). The maximum atomic E-state index is 12.3. The van der Waals surface area contributed by atoms with Crippen molar-refractivity contribution in [2.75, 3.05) is 5.88 Å². The Morgan fingerprint density at radius 3 is 2.56 bits per heavy atom. The van der Waals surface area contributed by atoms with E-state index in [1.165, 1.54) is 0 Å². The molecule has 0 spiro atoms. The van der Waals surface area contributed by atoms with E-state index in [2.05, 4.69) is 5.32 Å². The summed E-state index contributed by atoms with van der Waals surface area (Å²) >= 11 is 5.83. The fourth-order valence-corrected chi connectivity index (χ4v) is 1.90. The zero-order chi connectivity index (χ0) is 13.2. The van der Waals surface area contributed by atoms with E-state index in [1.54, 1.807) is 0 Å². The number of hydrogen-bond acceptors (Lipinski definition) is 1. The molecular formula is C15H16ClNO. The van der Waals surface area contributed by atoms with Gasteiger partial charge in [0.25, 0.3) is 5.91 Å². The maximum absolute atomic E-state index is 12.3. The molecular weight excluding hydrogens is 246 g/mol. The molecule has 94 valence electrons. The first kappa shape index (κ1) is 12.9. The minimum absolute atomic E-state index is 0.0857. The number of halogens is 1. The molecule has 18 heavy (non-hydrogen) atoms. The Kier molecular flexibility index (Phi) is 3.58. The summed E-state index contributed by atoms with van der Waals surface area (Å²) in [6, 6.07) is 13.6. The van der Waals surface area contributed by atoms with Crippen LogP contribution in [0, 0.1) is 0 Å². The summed E-state index contributed by atoms with van der Waals surface area (Å²) in [6.07, 6.45) is 0. The lowest BCUT2D eigenvalue weighted by molar-refractivity contribution is 0.0922. The van der Waals surface area contributed by atoms with Gasteiger partial charge in [-0.3, -0.25) is 4.79 Å². The summed E-state index contributed by atoms with van der Waals surface area (Å²) in [4.78, 5) is 12.3. The average molecular weight is 262 g/mol. The Morgan fingerprint density at radius 1 is 1.17 bits per heavy atom. The van der Waals surface area contributed by atoms with Gasteiger partial charge in [0, 0.05) is 17.0 Å². The van der Waals surface area contributed by atoms with Crippen LogP contribution in [0.5, 0.6) is 0 Å². The smallest absolute Gasteiger partial charge is 0.252 e. The van der Waals surface area contributed by atoms with Crippen molar-refractivity contribution in [2.45, 2.75) is 19.4 Å². The van der Waals surface area contributed by atoms with E-state index >= 15 is 0 Å². The normalized spacial score (nSPS) is 11.5. The van der Waals surface area contributed by atoms with E-state index in [0.29, 0.717) is 11.4 Å². The van der Waals surface area contributed by atoms with Crippen molar-refractivity contribution in [3.05, 3.63) is 48.0 Å². The number of amides is 1. The lowest BCUT2D eigenvalue weighted by Crippen LogP contribution is -2.44. The van der Waals surface area contributed by atoms with Gasteiger partial charge in [-0.05, 0) is 30.7 Å². The van der Waals surface area contributed by atoms with E-state index in [-0.39, 0.29) is 5.91 Å². The molecule has 0 saturated heterocycles. The summed E-state index contributed by atoms with van der Waals surface area (Å²) in [5, 5.41) is 4.97. The molecule has 0 atom stereocenters. The molecule has 0 aliphatic rings. The summed E-state index contributed by atoms with van der Waals surface area (Å²) in [7, 11) is 0. The SMILES string of the molecule is CC(C)(CCl)NC(=O)c1cccc2ccccc12. The highest BCUT2D eigenvalue weighted by Crippen LogP contribution is 2.19. The quantitative estimate of drug-likeness (QED) is 0.841. The van der Waals surface area contributed by atoms with Crippen molar-refractivity contribution < 1.29 is 4.79 Å². The third kappa shape index (κ3) is 2.65. The van der Waals surface area contributed by atoms with Gasteiger partial charge in [-0.1, -0.05) is 36.4 Å². The first-order valence-electron chi connectivity index (χ1n) is 5.90. The van der Waals surface area contributed by atoms with E-state index in [1.807, 2.05) is 56.3 Å². The molecule has 0 aromatic heterocycles. The van der Waals surface area contributed by atoms with Crippen LogP contribution in [0.25, 0.3) is 10.8 Å². The highest BCUT2D eigenvalue weighted by Gasteiger charge is 2.20. The number of nitrogens with one attached hydrogen (secondary N) is 1. The van der Waals surface area contributed by atoms with Gasteiger partial charge >= 0.3 is 0 Å². The average Bonchev–Trinajstić information content (AvgIpc) is 2.37. The number of hydrogen-bond donors (Lipinski definition) is 1. The van der Waals surface area contributed by atoms with Gasteiger partial charge in [-0.2, -0.15) is 0 Å². The Morgan fingerprint density at radius 2 is 1.83 bits per heavy atom. The maximum Gasteiger partial charge on any atom is 0.252 e. The van der Waals surface area contributed by atoms with Crippen LogP contribution in [0.2, 0.25) is 0 Å². The number of fused-ring (bicyclic) bond motifs is 1. The molecule has 0 radical (unpaired) electrons. The highest BCUT2D eigenvalue weighted by molar-refractivity contribution is 6.19. The van der Waals surface area contributed by atoms with Crippen molar-refractivity contribution >= 4 is 28.3 Å². The highest BCUT2D eigenvalue weighted by atomic mass is 35.5. The molecule has 0 aliphatic carbocycles. The van der Waals surface area contributed by atoms with Crippen LogP contribution < -0.4 is 5.32 Å². The van der Waals surface area contributed by atoms with Gasteiger partial charge in [0.1, 0.15) is 0 Å². The molecule has 2 nitrogen and oxygen atoms in total. The number of alkyl halides is 1. The fraction of sp³-hybridized carbons (Fsp3) is 0.267. The number of carbonyl (C=O) groups is 1. The van der Waals surface area contributed by atoms with Gasteiger partial charge < -0.3 is 5.32 Å². The zero-order valence-electron chi connectivity index (χ0n) is 10.5.